The smallest absolute Gasteiger partial charge is 0.0671 e. The third-order valence-corrected chi connectivity index (χ3v) is 2.61. The van der Waals surface area contributed by atoms with Crippen LogP contribution < -0.4 is 0 Å². The van der Waals surface area contributed by atoms with Crippen molar-refractivity contribution >= 4 is 7.85 Å². The van der Waals surface area contributed by atoms with Crippen molar-refractivity contribution in [1.29, 1.82) is 0 Å². The van der Waals surface area contributed by atoms with E-state index in [1.54, 1.807) is 0 Å². The summed E-state index contributed by atoms with van der Waals surface area (Å²) in [5.74, 6) is 0. The van der Waals surface area contributed by atoms with Crippen LogP contribution in [0.25, 0.3) is 0 Å². The quantitative estimate of drug-likeness (QED) is 0.519. The van der Waals surface area contributed by atoms with E-state index in [0.29, 0.717) is 5.41 Å². The van der Waals surface area contributed by atoms with Gasteiger partial charge in [-0.25, -0.2) is 0 Å². The summed E-state index contributed by atoms with van der Waals surface area (Å²) in [6.45, 7) is 15.5. The SMILES string of the molecule is [B]C(C)(CC(C)(C)C)C(C)(C)C. The average Bonchev–Trinajstić information content (AvgIpc) is 1.52. The van der Waals surface area contributed by atoms with Gasteiger partial charge in [0.05, 0.1) is 7.85 Å². The Bertz CT molecular complexity index is 143. The first-order chi connectivity index (χ1) is 4.96. The predicted octanol–water partition coefficient (Wildman–Crippen LogP) is 3.82. The molecule has 12 heavy (non-hydrogen) atoms. The van der Waals surface area contributed by atoms with Gasteiger partial charge in [-0.15, -0.1) is 0 Å². The van der Waals surface area contributed by atoms with Crippen LogP contribution in [0.3, 0.4) is 0 Å². The summed E-state index contributed by atoms with van der Waals surface area (Å²) >= 11 is 0. The van der Waals surface area contributed by atoms with Gasteiger partial charge in [0, 0.05) is 0 Å². The van der Waals surface area contributed by atoms with E-state index in [2.05, 4.69) is 48.5 Å². The molecule has 0 aromatic carbocycles. The van der Waals surface area contributed by atoms with Gasteiger partial charge in [-0.3, -0.25) is 0 Å². The van der Waals surface area contributed by atoms with Crippen molar-refractivity contribution in [3.8, 4) is 0 Å². The molecular weight excluding hydrogens is 143 g/mol. The molecule has 0 rings (SSSR count). The highest BCUT2D eigenvalue weighted by Crippen LogP contribution is 2.49. The van der Waals surface area contributed by atoms with Gasteiger partial charge in [-0.05, 0) is 10.8 Å². The molecule has 0 aromatic rings. The Morgan fingerprint density at radius 3 is 1.25 bits per heavy atom. The summed E-state index contributed by atoms with van der Waals surface area (Å²) in [7, 11) is 6.28. The van der Waals surface area contributed by atoms with Gasteiger partial charge < -0.3 is 0 Å². The van der Waals surface area contributed by atoms with E-state index in [4.69, 9.17) is 7.85 Å². The van der Waals surface area contributed by atoms with E-state index in [-0.39, 0.29) is 10.7 Å². The van der Waals surface area contributed by atoms with Crippen molar-refractivity contribution in [2.24, 2.45) is 10.8 Å². The van der Waals surface area contributed by atoms with Gasteiger partial charge in [0.1, 0.15) is 0 Å². The molecule has 0 spiro atoms. The first-order valence-corrected chi connectivity index (χ1v) is 4.75. The Morgan fingerprint density at radius 2 is 1.17 bits per heavy atom. The van der Waals surface area contributed by atoms with Crippen molar-refractivity contribution in [3.63, 3.8) is 0 Å². The summed E-state index contributed by atoms with van der Waals surface area (Å²) in [4.78, 5) is 0. The number of rotatable bonds is 1. The molecule has 0 saturated heterocycles. The summed E-state index contributed by atoms with van der Waals surface area (Å²) < 4.78 is 0. The summed E-state index contributed by atoms with van der Waals surface area (Å²) in [6.07, 6.45) is 1.06. The fourth-order valence-electron chi connectivity index (χ4n) is 1.37. The minimum absolute atomic E-state index is 0.0781. The van der Waals surface area contributed by atoms with E-state index in [0.717, 1.165) is 6.42 Å². The Balaban J connectivity index is 4.44. The van der Waals surface area contributed by atoms with Gasteiger partial charge in [0.15, 0.2) is 0 Å². The Labute approximate surface area is 79.5 Å². The van der Waals surface area contributed by atoms with Crippen LogP contribution in [0.1, 0.15) is 54.9 Å². The highest BCUT2D eigenvalue weighted by molar-refractivity contribution is 6.15. The van der Waals surface area contributed by atoms with Crippen molar-refractivity contribution < 1.29 is 0 Å². The lowest BCUT2D eigenvalue weighted by Gasteiger charge is -2.43. The fourth-order valence-corrected chi connectivity index (χ4v) is 1.37. The van der Waals surface area contributed by atoms with Crippen LogP contribution in [-0.4, -0.2) is 7.85 Å². The third-order valence-electron chi connectivity index (χ3n) is 2.61. The zero-order valence-corrected chi connectivity index (χ0v) is 9.78. The number of hydrogen-bond acceptors (Lipinski definition) is 0. The van der Waals surface area contributed by atoms with Gasteiger partial charge in [-0.2, -0.15) is 0 Å². The molecule has 0 fully saturated rings. The third kappa shape index (κ3) is 3.64. The molecule has 1 heteroatoms. The molecule has 1 unspecified atom stereocenters. The lowest BCUT2D eigenvalue weighted by atomic mass is 9.51. The van der Waals surface area contributed by atoms with Crippen molar-refractivity contribution in [3.05, 3.63) is 0 Å². The molecular formula is C11H23B. The van der Waals surface area contributed by atoms with E-state index >= 15 is 0 Å². The Morgan fingerprint density at radius 1 is 0.833 bits per heavy atom. The molecule has 0 aliphatic carbocycles. The molecule has 2 radical (unpaired) electrons. The summed E-state index contributed by atoms with van der Waals surface area (Å²) in [6, 6.07) is 0. The zero-order valence-electron chi connectivity index (χ0n) is 9.78. The van der Waals surface area contributed by atoms with Gasteiger partial charge in [0.2, 0.25) is 0 Å². The monoisotopic (exact) mass is 166 g/mol. The van der Waals surface area contributed by atoms with Gasteiger partial charge >= 0.3 is 0 Å². The highest BCUT2D eigenvalue weighted by Gasteiger charge is 2.35. The molecule has 0 aliphatic rings. The number of hydrogen-bond donors (Lipinski definition) is 0. The largest absolute Gasteiger partial charge is 0.0749 e. The fraction of sp³-hybridized carbons (Fsp3) is 1.00. The highest BCUT2D eigenvalue weighted by atomic mass is 14.4. The van der Waals surface area contributed by atoms with Crippen molar-refractivity contribution in [2.75, 3.05) is 0 Å². The van der Waals surface area contributed by atoms with E-state index in [1.165, 1.54) is 0 Å². The van der Waals surface area contributed by atoms with Gasteiger partial charge in [-0.1, -0.05) is 60.2 Å². The second kappa shape index (κ2) is 3.08. The van der Waals surface area contributed by atoms with E-state index < -0.39 is 0 Å². The van der Waals surface area contributed by atoms with Crippen molar-refractivity contribution in [1.82, 2.24) is 0 Å². The van der Waals surface area contributed by atoms with Crippen molar-refractivity contribution in [2.45, 2.75) is 60.2 Å². The van der Waals surface area contributed by atoms with Crippen LogP contribution >= 0.6 is 0 Å². The van der Waals surface area contributed by atoms with Crippen LogP contribution in [0.2, 0.25) is 5.31 Å². The first-order valence-electron chi connectivity index (χ1n) is 4.75. The molecule has 0 saturated carbocycles. The topological polar surface area (TPSA) is 0 Å². The lowest BCUT2D eigenvalue weighted by Crippen LogP contribution is -2.30. The molecule has 1 atom stereocenters. The predicted molar refractivity (Wildman–Crippen MR) is 57.6 cm³/mol. The standard InChI is InChI=1S/C11H23B/c1-9(2,3)8-11(7,12)10(4,5)6/h8H2,1-7H3. The van der Waals surface area contributed by atoms with Crippen LogP contribution in [0.5, 0.6) is 0 Å². The van der Waals surface area contributed by atoms with Gasteiger partial charge in [0.25, 0.3) is 0 Å². The molecule has 0 heterocycles. The summed E-state index contributed by atoms with van der Waals surface area (Å²) in [5, 5.41) is -0.0781. The summed E-state index contributed by atoms with van der Waals surface area (Å²) in [5.41, 5.74) is 0.497. The Kier molecular flexibility index (Phi) is 3.10. The van der Waals surface area contributed by atoms with Crippen LogP contribution in [0, 0.1) is 10.8 Å². The maximum atomic E-state index is 6.28. The maximum absolute atomic E-state index is 6.28. The lowest BCUT2D eigenvalue weighted by molar-refractivity contribution is 0.199. The van der Waals surface area contributed by atoms with E-state index in [1.807, 2.05) is 0 Å². The minimum atomic E-state index is -0.0781. The van der Waals surface area contributed by atoms with Crippen LogP contribution in [0.4, 0.5) is 0 Å². The molecule has 0 N–H and O–H groups in total. The van der Waals surface area contributed by atoms with Crippen LogP contribution in [0.15, 0.2) is 0 Å². The molecule has 0 aromatic heterocycles. The molecule has 0 aliphatic heterocycles. The second-order valence-electron chi connectivity index (χ2n) is 6.40. The average molecular weight is 166 g/mol. The molecule has 0 amide bonds. The minimum Gasteiger partial charge on any atom is -0.0671 e. The first kappa shape index (κ1) is 12.1. The Hall–Kier alpha value is 0.0649. The van der Waals surface area contributed by atoms with Crippen LogP contribution in [-0.2, 0) is 0 Å². The maximum Gasteiger partial charge on any atom is 0.0749 e. The molecule has 70 valence electrons. The van der Waals surface area contributed by atoms with E-state index in [9.17, 15) is 0 Å². The second-order valence-corrected chi connectivity index (χ2v) is 6.40. The normalized spacial score (nSPS) is 18.9. The molecule has 0 bridgehead atoms. The molecule has 0 nitrogen and oxygen atoms in total. The zero-order chi connectivity index (χ0) is 10.2.